The molecule has 1 aromatic rings. The summed E-state index contributed by atoms with van der Waals surface area (Å²) in [6, 6.07) is 7.45. The molecule has 2 N–H and O–H groups in total. The van der Waals surface area contributed by atoms with E-state index in [0.717, 1.165) is 0 Å². The Labute approximate surface area is 215 Å². The van der Waals surface area contributed by atoms with Crippen LogP contribution in [-0.4, -0.2) is 91.9 Å². The molecule has 10 nitrogen and oxygen atoms in total. The zero-order valence-corrected chi connectivity index (χ0v) is 21.1. The summed E-state index contributed by atoms with van der Waals surface area (Å²) in [4.78, 5) is 53.3. The van der Waals surface area contributed by atoms with Gasteiger partial charge in [-0.3, -0.25) is 14.4 Å². The van der Waals surface area contributed by atoms with Gasteiger partial charge in [-0.2, -0.15) is 0 Å². The van der Waals surface area contributed by atoms with Crippen molar-refractivity contribution < 1.29 is 33.8 Å². The van der Waals surface area contributed by atoms with Gasteiger partial charge in [-0.15, -0.1) is 11.8 Å². The van der Waals surface area contributed by atoms with Gasteiger partial charge in [-0.25, -0.2) is 4.79 Å². The molecule has 4 rings (SSSR count). The van der Waals surface area contributed by atoms with Crippen molar-refractivity contribution in [3.05, 3.63) is 41.4 Å². The molecule has 3 heterocycles. The van der Waals surface area contributed by atoms with Crippen LogP contribution in [-0.2, 0) is 23.9 Å². The van der Waals surface area contributed by atoms with Crippen LogP contribution in [0.25, 0.3) is 0 Å². The van der Waals surface area contributed by atoms with Gasteiger partial charge in [-0.1, -0.05) is 30.4 Å². The largest absolute Gasteiger partial charge is 0.481 e. The zero-order chi connectivity index (χ0) is 25.2. The molecule has 3 aliphatic rings. The molecule has 0 spiro atoms. The molecule has 2 amide bonds. The average Bonchev–Trinajstić information content (AvgIpc) is 2.87. The van der Waals surface area contributed by atoms with Gasteiger partial charge in [0, 0.05) is 13.1 Å². The second kappa shape index (κ2) is 10.6. The fraction of sp³-hybridized carbons (Fsp3) is 0.409. The van der Waals surface area contributed by atoms with Gasteiger partial charge in [0.1, 0.15) is 11.1 Å². The van der Waals surface area contributed by atoms with Crippen molar-refractivity contribution in [1.82, 2.24) is 15.1 Å². The number of morpholine rings is 1. The lowest BCUT2D eigenvalue weighted by Gasteiger charge is -2.59. The maximum absolute atomic E-state index is 13.6. The number of amides is 2. The van der Waals surface area contributed by atoms with Crippen LogP contribution in [0, 0.1) is 0 Å². The van der Waals surface area contributed by atoms with E-state index in [9.17, 15) is 24.3 Å². The molecule has 2 saturated heterocycles. The Morgan fingerprint density at radius 3 is 2.66 bits per heavy atom. The third-order valence-electron chi connectivity index (χ3n) is 5.90. The number of carbonyl (C=O) groups is 4. The Morgan fingerprint density at radius 2 is 2.03 bits per heavy atom. The molecule has 3 aliphatic heterocycles. The zero-order valence-electron chi connectivity index (χ0n) is 18.6. The molecule has 13 heteroatoms. The minimum Gasteiger partial charge on any atom is -0.481 e. The van der Waals surface area contributed by atoms with Crippen molar-refractivity contribution in [2.75, 3.05) is 26.3 Å². The van der Waals surface area contributed by atoms with Crippen LogP contribution in [0.15, 0.2) is 41.4 Å². The first-order valence-electron chi connectivity index (χ1n) is 10.7. The van der Waals surface area contributed by atoms with Crippen LogP contribution in [0.1, 0.15) is 6.92 Å². The number of thioether (sulfide) groups is 2. The SMILES string of the molecule is CC(Oc1ccccc1)C(=O)NC1(C(=S)SC=O)C(=O)N2C(C(=O)O)C(N3CCOCC3)=CS[C@H]21. The number of β-lactam (4-membered cyclic amide) rings is 1. The van der Waals surface area contributed by atoms with Crippen molar-refractivity contribution in [1.29, 1.82) is 0 Å². The number of carboxylic acids is 1. The van der Waals surface area contributed by atoms with Crippen LogP contribution in [0.4, 0.5) is 0 Å². The van der Waals surface area contributed by atoms with Crippen LogP contribution >= 0.6 is 35.7 Å². The van der Waals surface area contributed by atoms with Gasteiger partial charge in [0.2, 0.25) is 0 Å². The Hall–Kier alpha value is -2.61. The summed E-state index contributed by atoms with van der Waals surface area (Å²) in [6.45, 7) is 3.42. The highest BCUT2D eigenvalue weighted by Crippen LogP contribution is 2.48. The number of para-hydroxylation sites is 1. The third kappa shape index (κ3) is 4.65. The number of thiocarbonyl (C=S) groups is 1. The highest BCUT2D eigenvalue weighted by atomic mass is 32.2. The Bertz CT molecular complexity index is 1060. The van der Waals surface area contributed by atoms with E-state index >= 15 is 0 Å². The minimum atomic E-state index is -1.74. The fourth-order valence-electron chi connectivity index (χ4n) is 4.18. The maximum atomic E-state index is 13.6. The van der Waals surface area contributed by atoms with E-state index in [4.69, 9.17) is 21.7 Å². The monoisotopic (exact) mass is 537 g/mol. The first-order valence-corrected chi connectivity index (χ1v) is 13.0. The van der Waals surface area contributed by atoms with Gasteiger partial charge in [-0.05, 0) is 36.2 Å². The Morgan fingerprint density at radius 1 is 1.34 bits per heavy atom. The molecular weight excluding hydrogens is 514 g/mol. The summed E-state index contributed by atoms with van der Waals surface area (Å²) in [5.74, 6) is -2.03. The molecule has 0 radical (unpaired) electrons. The number of carbonyl (C=O) groups excluding carboxylic acids is 3. The lowest BCUT2D eigenvalue weighted by atomic mass is 9.86. The van der Waals surface area contributed by atoms with Crippen LogP contribution < -0.4 is 10.1 Å². The van der Waals surface area contributed by atoms with Crippen molar-refractivity contribution >= 4 is 63.3 Å². The average molecular weight is 538 g/mol. The number of benzene rings is 1. The molecule has 186 valence electrons. The first kappa shape index (κ1) is 25.5. The summed E-state index contributed by atoms with van der Waals surface area (Å²) in [5.41, 5.74) is -0.782. The van der Waals surface area contributed by atoms with Gasteiger partial charge >= 0.3 is 5.97 Å². The molecular formula is C22H23N3O7S3. The molecule has 1 aromatic carbocycles. The van der Waals surface area contributed by atoms with E-state index < -0.39 is 40.8 Å². The van der Waals surface area contributed by atoms with Crippen LogP contribution in [0.2, 0.25) is 0 Å². The summed E-state index contributed by atoms with van der Waals surface area (Å²) in [6.07, 6.45) is -0.983. The van der Waals surface area contributed by atoms with E-state index in [2.05, 4.69) is 5.32 Å². The normalized spacial score (nSPS) is 26.5. The number of hydrogen-bond donors (Lipinski definition) is 2. The number of aliphatic carboxylic acids is 1. The Kier molecular flexibility index (Phi) is 7.69. The summed E-state index contributed by atoms with van der Waals surface area (Å²) < 4.78 is 11.0. The van der Waals surface area contributed by atoms with Gasteiger partial charge in [0.15, 0.2) is 23.3 Å². The van der Waals surface area contributed by atoms with Crippen LogP contribution in [0.5, 0.6) is 5.75 Å². The number of carboxylic acid groups (broad SMARTS) is 1. The van der Waals surface area contributed by atoms with E-state index in [1.54, 1.807) is 35.7 Å². The molecule has 0 saturated carbocycles. The van der Waals surface area contributed by atoms with Crippen molar-refractivity contribution in [2.24, 2.45) is 0 Å². The molecule has 4 atom stereocenters. The molecule has 35 heavy (non-hydrogen) atoms. The third-order valence-corrected chi connectivity index (χ3v) is 8.36. The van der Waals surface area contributed by atoms with Crippen molar-refractivity contribution in [3.8, 4) is 5.75 Å². The second-order valence-electron chi connectivity index (χ2n) is 7.96. The number of fused-ring (bicyclic) bond motifs is 1. The summed E-state index contributed by atoms with van der Waals surface area (Å²) in [7, 11) is 0. The number of ether oxygens (including phenoxy) is 2. The quantitative estimate of drug-likeness (QED) is 0.281. The maximum Gasteiger partial charge on any atom is 0.332 e. The van der Waals surface area contributed by atoms with Crippen molar-refractivity contribution in [2.45, 2.75) is 30.0 Å². The molecule has 3 unspecified atom stereocenters. The Balaban J connectivity index is 1.61. The van der Waals surface area contributed by atoms with Crippen LogP contribution in [0.3, 0.4) is 0 Å². The second-order valence-corrected chi connectivity index (χ2v) is 10.4. The van der Waals surface area contributed by atoms with E-state index in [1.165, 1.54) is 23.6 Å². The van der Waals surface area contributed by atoms with Gasteiger partial charge in [0.25, 0.3) is 11.8 Å². The number of hydrogen-bond acceptors (Lipinski definition) is 10. The van der Waals surface area contributed by atoms with Crippen molar-refractivity contribution in [3.63, 3.8) is 0 Å². The van der Waals surface area contributed by atoms with Gasteiger partial charge in [0.05, 0.1) is 23.1 Å². The molecule has 2 fully saturated rings. The topological polar surface area (TPSA) is 125 Å². The summed E-state index contributed by atoms with van der Waals surface area (Å²) in [5, 5.41) is 13.6. The smallest absolute Gasteiger partial charge is 0.332 e. The summed E-state index contributed by atoms with van der Waals surface area (Å²) >= 11 is 7.19. The highest BCUT2D eigenvalue weighted by Gasteiger charge is 2.69. The lowest BCUT2D eigenvalue weighted by Crippen LogP contribution is -2.85. The van der Waals surface area contributed by atoms with E-state index in [1.807, 2.05) is 4.90 Å². The van der Waals surface area contributed by atoms with Gasteiger partial charge < -0.3 is 29.7 Å². The number of nitrogens with one attached hydrogen (secondary N) is 1. The molecule has 0 bridgehead atoms. The predicted octanol–water partition coefficient (Wildman–Crippen LogP) is 1.10. The predicted molar refractivity (Wildman–Crippen MR) is 134 cm³/mol. The minimum absolute atomic E-state index is 0.0566. The first-order chi connectivity index (χ1) is 16.8. The molecule has 0 aromatic heterocycles. The lowest BCUT2D eigenvalue weighted by molar-refractivity contribution is -0.165. The van der Waals surface area contributed by atoms with E-state index in [0.29, 0.717) is 55.1 Å². The fourth-order valence-corrected chi connectivity index (χ4v) is 6.59. The number of nitrogens with zero attached hydrogens (tertiary/aromatic N) is 2. The number of rotatable bonds is 8. The standard InChI is InChI=1S/C22H23N3O7S3/c1-13(32-14-5-3-2-4-6-14)17(27)23-22(21(33)35-12-26)19(30)25-16(18(28)29)15(11-34-20(22)25)24-7-9-31-10-8-24/h2-6,11-13,16,20H,7-10H2,1H3,(H,23,27)(H,28,29)/t13?,16?,20-,22?/m0/s1. The van der Waals surface area contributed by atoms with E-state index in [-0.39, 0.29) is 4.20 Å². The highest BCUT2D eigenvalue weighted by molar-refractivity contribution is 8.32. The molecule has 0 aliphatic carbocycles.